The third kappa shape index (κ3) is 5.66. The highest BCUT2D eigenvalue weighted by molar-refractivity contribution is 6.03. The Morgan fingerprint density at radius 1 is 1.26 bits per heavy atom. The summed E-state index contributed by atoms with van der Waals surface area (Å²) in [5.74, 6) is 2.17. The summed E-state index contributed by atoms with van der Waals surface area (Å²) >= 11 is 0. The van der Waals surface area contributed by atoms with Crippen LogP contribution < -0.4 is 10.1 Å². The van der Waals surface area contributed by atoms with Gasteiger partial charge < -0.3 is 10.1 Å². The van der Waals surface area contributed by atoms with E-state index in [0.717, 1.165) is 59.1 Å². The number of benzene rings is 2. The number of aliphatic imine (C=N–C) groups is 2. The van der Waals surface area contributed by atoms with Gasteiger partial charge in [-0.05, 0) is 54.9 Å². The molecule has 2 aromatic carbocycles. The first-order chi connectivity index (χ1) is 15.0. The molecule has 31 heavy (non-hydrogen) atoms. The van der Waals surface area contributed by atoms with E-state index in [9.17, 15) is 4.39 Å². The fraction of sp³-hybridized carbons (Fsp3) is 0.320. The molecule has 0 aliphatic carbocycles. The highest BCUT2D eigenvalue weighted by atomic mass is 19.1. The Hall–Kier alpha value is -3.28. The second-order valence-electron chi connectivity index (χ2n) is 7.42. The lowest BCUT2D eigenvalue weighted by Crippen LogP contribution is -2.26. The average Bonchev–Trinajstić information content (AvgIpc) is 2.78. The van der Waals surface area contributed by atoms with E-state index in [1.54, 1.807) is 19.2 Å². The zero-order chi connectivity index (χ0) is 22.2. The molecule has 0 bridgehead atoms. The molecule has 0 saturated heterocycles. The van der Waals surface area contributed by atoms with E-state index >= 15 is 0 Å². The van der Waals surface area contributed by atoms with Crippen LogP contribution in [0.4, 0.5) is 4.39 Å². The largest absolute Gasteiger partial charge is 0.496 e. The van der Waals surface area contributed by atoms with Crippen LogP contribution in [-0.4, -0.2) is 49.7 Å². The van der Waals surface area contributed by atoms with Crippen molar-refractivity contribution in [2.24, 2.45) is 9.98 Å². The Morgan fingerprint density at radius 3 is 2.71 bits per heavy atom. The summed E-state index contributed by atoms with van der Waals surface area (Å²) in [6, 6.07) is 10.5. The monoisotopic (exact) mass is 421 g/mol. The number of ether oxygens (including phenoxy) is 1. The zero-order valence-electron chi connectivity index (χ0n) is 18.7. The van der Waals surface area contributed by atoms with E-state index < -0.39 is 0 Å². The molecular weight excluding hydrogens is 391 g/mol. The van der Waals surface area contributed by atoms with Crippen molar-refractivity contribution in [3.05, 3.63) is 65.6 Å². The average molecular weight is 422 g/mol. The maximum Gasteiger partial charge on any atom is 0.314 e. The molecule has 1 aliphatic heterocycles. The van der Waals surface area contributed by atoms with Gasteiger partial charge in [0.05, 0.1) is 20.7 Å². The van der Waals surface area contributed by atoms with Crippen molar-refractivity contribution in [2.75, 3.05) is 27.2 Å². The topological polar surface area (TPSA) is 49.0 Å². The smallest absolute Gasteiger partial charge is 0.314 e. The van der Waals surface area contributed by atoms with Crippen LogP contribution in [0.3, 0.4) is 0 Å². The van der Waals surface area contributed by atoms with Crippen molar-refractivity contribution >= 4 is 17.9 Å². The van der Waals surface area contributed by atoms with E-state index in [1.807, 2.05) is 38.5 Å². The molecule has 0 spiro atoms. The van der Waals surface area contributed by atoms with E-state index in [2.05, 4.69) is 27.9 Å². The molecule has 1 N–H and O–H groups in total. The maximum absolute atomic E-state index is 13.4. The number of rotatable bonds is 7. The summed E-state index contributed by atoms with van der Waals surface area (Å²) in [6.45, 7) is 5.51. The van der Waals surface area contributed by atoms with Gasteiger partial charge >= 0.3 is 5.84 Å². The Morgan fingerprint density at radius 2 is 2.03 bits per heavy atom. The van der Waals surface area contributed by atoms with Crippen LogP contribution in [0, 0.1) is 12.7 Å². The summed E-state index contributed by atoms with van der Waals surface area (Å²) in [6.07, 6.45) is 7.77. The molecule has 6 heteroatoms. The van der Waals surface area contributed by atoms with Crippen LogP contribution in [0.1, 0.15) is 30.9 Å². The van der Waals surface area contributed by atoms with E-state index in [-0.39, 0.29) is 5.82 Å². The van der Waals surface area contributed by atoms with Crippen molar-refractivity contribution < 1.29 is 13.7 Å². The van der Waals surface area contributed by atoms with Crippen molar-refractivity contribution in [3.63, 3.8) is 0 Å². The molecule has 0 saturated carbocycles. The minimum atomic E-state index is -0.258. The number of hydrogen-bond donors (Lipinski definition) is 1. The normalized spacial score (nSPS) is 14.4. The quantitative estimate of drug-likeness (QED) is 0.404. The van der Waals surface area contributed by atoms with Gasteiger partial charge in [-0.15, -0.1) is 0 Å². The fourth-order valence-electron chi connectivity index (χ4n) is 3.38. The van der Waals surface area contributed by atoms with Crippen LogP contribution in [-0.2, 0) is 0 Å². The van der Waals surface area contributed by atoms with E-state index in [4.69, 9.17) is 9.73 Å². The second kappa shape index (κ2) is 10.7. The lowest BCUT2D eigenvalue weighted by atomic mass is 9.98. The summed E-state index contributed by atoms with van der Waals surface area (Å²) in [5.41, 5.74) is 3.76. The van der Waals surface area contributed by atoms with Gasteiger partial charge in [-0.2, -0.15) is 0 Å². The first kappa shape index (κ1) is 22.4. The molecule has 0 unspecified atom stereocenters. The number of nitrogens with zero attached hydrogens (tertiary/aromatic N) is 3. The summed E-state index contributed by atoms with van der Waals surface area (Å²) < 4.78 is 21.2. The standard InChI is InChI=1S/C25H30FN4O/c1-5-6-12-28-25(29-17-24-27-13-7-14-30(24)3)22-15-20(16-23(31-4)18(22)2)19-8-10-21(26)11-9-19/h6,8-13,15-16H,5,7,14,17H2,1-4H3,(H,28,29)/q+1/b12-6+. The number of allylic oxidation sites excluding steroid dienone is 1. The molecule has 0 fully saturated rings. The van der Waals surface area contributed by atoms with Gasteiger partial charge in [0.25, 0.3) is 0 Å². The molecule has 0 radical (unpaired) electrons. The van der Waals surface area contributed by atoms with Crippen LogP contribution >= 0.6 is 0 Å². The third-order valence-electron chi connectivity index (χ3n) is 5.24. The predicted molar refractivity (Wildman–Crippen MR) is 126 cm³/mol. The Balaban J connectivity index is 2.06. The molecule has 0 aromatic heterocycles. The van der Waals surface area contributed by atoms with Gasteiger partial charge in [0.2, 0.25) is 0 Å². The SMILES string of the molecule is CC/C=C/NC(=NCC1=[N+](C)CCC=N1)c1cc(-c2ccc(F)cc2)cc(OC)c1C. The van der Waals surface area contributed by atoms with Gasteiger partial charge in [0, 0.05) is 17.5 Å². The van der Waals surface area contributed by atoms with Crippen molar-refractivity contribution in [1.29, 1.82) is 0 Å². The fourth-order valence-corrected chi connectivity index (χ4v) is 3.38. The summed E-state index contributed by atoms with van der Waals surface area (Å²) in [5, 5.41) is 3.34. The second-order valence-corrected chi connectivity index (χ2v) is 7.42. The molecule has 1 aliphatic rings. The molecule has 2 aromatic rings. The van der Waals surface area contributed by atoms with Crippen molar-refractivity contribution in [3.8, 4) is 16.9 Å². The minimum Gasteiger partial charge on any atom is -0.496 e. The van der Waals surface area contributed by atoms with Crippen LogP contribution in [0.2, 0.25) is 0 Å². The lowest BCUT2D eigenvalue weighted by Gasteiger charge is -2.16. The Bertz CT molecular complexity index is 1040. The van der Waals surface area contributed by atoms with Crippen molar-refractivity contribution in [1.82, 2.24) is 5.32 Å². The first-order valence-electron chi connectivity index (χ1n) is 10.5. The predicted octanol–water partition coefficient (Wildman–Crippen LogP) is 4.58. The molecule has 1 heterocycles. The molecular formula is C25H30FN4O+. The first-order valence-corrected chi connectivity index (χ1v) is 10.5. The molecule has 3 rings (SSSR count). The van der Waals surface area contributed by atoms with Crippen molar-refractivity contribution in [2.45, 2.75) is 26.7 Å². The molecule has 0 atom stereocenters. The molecule has 5 nitrogen and oxygen atoms in total. The Kier molecular flexibility index (Phi) is 7.70. The highest BCUT2D eigenvalue weighted by Gasteiger charge is 2.17. The van der Waals surface area contributed by atoms with E-state index in [0.29, 0.717) is 6.54 Å². The van der Waals surface area contributed by atoms with E-state index in [1.165, 1.54) is 12.1 Å². The van der Waals surface area contributed by atoms with Crippen LogP contribution in [0.25, 0.3) is 11.1 Å². The number of nitrogens with one attached hydrogen (secondary N) is 1. The number of amidine groups is 2. The molecule has 0 amide bonds. The summed E-state index contributed by atoms with van der Waals surface area (Å²) in [7, 11) is 3.69. The minimum absolute atomic E-state index is 0.258. The Labute approximate surface area is 183 Å². The van der Waals surface area contributed by atoms with Gasteiger partial charge in [-0.3, -0.25) is 9.57 Å². The van der Waals surface area contributed by atoms with Gasteiger partial charge in [0.1, 0.15) is 30.2 Å². The number of hydrogen-bond acceptors (Lipinski definition) is 3. The van der Waals surface area contributed by atoms with Gasteiger partial charge in [-0.25, -0.2) is 4.39 Å². The zero-order valence-corrected chi connectivity index (χ0v) is 18.7. The number of halogens is 1. The van der Waals surface area contributed by atoms with Crippen LogP contribution in [0.15, 0.2) is 58.7 Å². The van der Waals surface area contributed by atoms with Gasteiger partial charge in [0.15, 0.2) is 0 Å². The highest BCUT2D eigenvalue weighted by Crippen LogP contribution is 2.30. The third-order valence-corrected chi connectivity index (χ3v) is 5.24. The molecule has 162 valence electrons. The lowest BCUT2D eigenvalue weighted by molar-refractivity contribution is -0.498. The number of methoxy groups -OCH3 is 1. The summed E-state index contributed by atoms with van der Waals surface area (Å²) in [4.78, 5) is 9.38. The van der Waals surface area contributed by atoms with Crippen LogP contribution in [0.5, 0.6) is 5.75 Å². The van der Waals surface area contributed by atoms with Gasteiger partial charge in [-0.1, -0.05) is 30.1 Å². The maximum atomic E-state index is 13.4.